The second kappa shape index (κ2) is 8.40. The van der Waals surface area contributed by atoms with Gasteiger partial charge in [0.1, 0.15) is 11.7 Å². The third-order valence-electron chi connectivity index (χ3n) is 5.76. The van der Waals surface area contributed by atoms with E-state index < -0.39 is 38.1 Å². The van der Waals surface area contributed by atoms with Crippen molar-refractivity contribution in [1.29, 1.82) is 0 Å². The highest BCUT2D eigenvalue weighted by molar-refractivity contribution is 7.90. The molecule has 2 aromatic rings. The first-order valence-corrected chi connectivity index (χ1v) is 11.9. The minimum absolute atomic E-state index is 0.0126. The molecule has 0 aliphatic carbocycles. The molecule has 3 heterocycles. The van der Waals surface area contributed by atoms with E-state index >= 15 is 0 Å². The van der Waals surface area contributed by atoms with Gasteiger partial charge in [-0.15, -0.1) is 0 Å². The van der Waals surface area contributed by atoms with Crippen molar-refractivity contribution in [3.05, 3.63) is 30.1 Å². The number of rotatable bonds is 5. The van der Waals surface area contributed by atoms with E-state index in [1.165, 1.54) is 6.33 Å². The molecule has 31 heavy (non-hydrogen) atoms. The standard InChI is InChI=1S/C19H23F2N5O4S/c1-31(28,29)13-9-14(20)17(15(21)10-13)24-16-3-2-6-26(18(16)27)12-4-7-25(8-5-12)19-22-11-23-30-19/h9-12,16,24H,2-8H2,1H3. The van der Waals surface area contributed by atoms with Crippen LogP contribution in [0.15, 0.2) is 27.9 Å². The summed E-state index contributed by atoms with van der Waals surface area (Å²) < 4.78 is 57.1. The van der Waals surface area contributed by atoms with Crippen LogP contribution in [0.4, 0.5) is 20.5 Å². The molecule has 1 amide bonds. The Morgan fingerprint density at radius 1 is 1.13 bits per heavy atom. The molecule has 0 saturated carbocycles. The van der Waals surface area contributed by atoms with Crippen LogP contribution < -0.4 is 10.2 Å². The van der Waals surface area contributed by atoms with Crippen LogP contribution in [0.25, 0.3) is 0 Å². The topological polar surface area (TPSA) is 109 Å². The van der Waals surface area contributed by atoms with Crippen molar-refractivity contribution in [2.24, 2.45) is 0 Å². The molecule has 12 heteroatoms. The molecule has 2 aliphatic rings. The number of carbonyl (C=O) groups is 1. The molecule has 1 aromatic carbocycles. The number of hydrogen-bond acceptors (Lipinski definition) is 8. The lowest BCUT2D eigenvalue weighted by atomic mass is 9.97. The van der Waals surface area contributed by atoms with E-state index in [0.29, 0.717) is 51.3 Å². The minimum atomic E-state index is -3.75. The Bertz CT molecular complexity index is 1030. The van der Waals surface area contributed by atoms with Crippen LogP contribution in [-0.2, 0) is 14.6 Å². The lowest BCUT2D eigenvalue weighted by molar-refractivity contribution is -0.137. The SMILES string of the molecule is CS(=O)(=O)c1cc(F)c(NC2CCCN(C3CCN(c4ncno4)CC3)C2=O)c(F)c1. The Labute approximate surface area is 178 Å². The van der Waals surface area contributed by atoms with Crippen LogP contribution in [0.1, 0.15) is 25.7 Å². The highest BCUT2D eigenvalue weighted by atomic mass is 32.2. The van der Waals surface area contributed by atoms with Crippen LogP contribution in [0.3, 0.4) is 0 Å². The van der Waals surface area contributed by atoms with E-state index in [1.54, 1.807) is 4.90 Å². The maximum absolute atomic E-state index is 14.4. The minimum Gasteiger partial charge on any atom is -0.369 e. The number of carbonyl (C=O) groups excluding carboxylic acids is 1. The molecule has 0 radical (unpaired) electrons. The maximum atomic E-state index is 14.4. The van der Waals surface area contributed by atoms with Gasteiger partial charge in [0, 0.05) is 31.9 Å². The van der Waals surface area contributed by atoms with Crippen molar-refractivity contribution in [2.75, 3.05) is 36.1 Å². The zero-order chi connectivity index (χ0) is 22.2. The summed E-state index contributed by atoms with van der Waals surface area (Å²) in [6.07, 6.45) is 4.77. The Morgan fingerprint density at radius 3 is 2.39 bits per heavy atom. The average Bonchev–Trinajstić information content (AvgIpc) is 3.26. The Balaban J connectivity index is 1.44. The molecule has 0 spiro atoms. The Morgan fingerprint density at radius 2 is 1.81 bits per heavy atom. The summed E-state index contributed by atoms with van der Waals surface area (Å²) in [5.41, 5.74) is -0.487. The first kappa shape index (κ1) is 21.5. The monoisotopic (exact) mass is 455 g/mol. The molecule has 2 fully saturated rings. The van der Waals surface area contributed by atoms with E-state index in [-0.39, 0.29) is 11.9 Å². The summed E-state index contributed by atoms with van der Waals surface area (Å²) in [4.78, 5) is 20.4. The largest absolute Gasteiger partial charge is 0.369 e. The van der Waals surface area contributed by atoms with Crippen molar-refractivity contribution in [2.45, 2.75) is 42.7 Å². The number of benzene rings is 1. The normalized spacial score (nSPS) is 20.9. The molecule has 1 N–H and O–H groups in total. The van der Waals surface area contributed by atoms with Crippen molar-refractivity contribution < 1.29 is 26.5 Å². The van der Waals surface area contributed by atoms with Crippen molar-refractivity contribution in [3.8, 4) is 0 Å². The Kier molecular flexibility index (Phi) is 5.82. The number of sulfone groups is 1. The number of nitrogens with one attached hydrogen (secondary N) is 1. The van der Waals surface area contributed by atoms with E-state index in [1.807, 2.05) is 4.90 Å². The molecule has 1 unspecified atom stereocenters. The van der Waals surface area contributed by atoms with Crippen LogP contribution in [0.5, 0.6) is 0 Å². The third-order valence-corrected chi connectivity index (χ3v) is 6.85. The van der Waals surface area contributed by atoms with E-state index in [4.69, 9.17) is 4.52 Å². The first-order chi connectivity index (χ1) is 14.7. The number of halogens is 2. The van der Waals surface area contributed by atoms with Gasteiger partial charge in [-0.25, -0.2) is 17.2 Å². The van der Waals surface area contributed by atoms with Crippen LogP contribution in [0.2, 0.25) is 0 Å². The molecule has 2 aliphatic heterocycles. The van der Waals surface area contributed by atoms with Crippen molar-refractivity contribution in [3.63, 3.8) is 0 Å². The van der Waals surface area contributed by atoms with Crippen molar-refractivity contribution in [1.82, 2.24) is 15.0 Å². The van der Waals surface area contributed by atoms with Gasteiger partial charge in [0.2, 0.25) is 5.91 Å². The summed E-state index contributed by atoms with van der Waals surface area (Å²) in [5.74, 6) is -2.30. The lowest BCUT2D eigenvalue weighted by Crippen LogP contribution is -2.54. The molecule has 4 rings (SSSR count). The molecular weight excluding hydrogens is 432 g/mol. The Hall–Kier alpha value is -2.76. The summed E-state index contributed by atoms with van der Waals surface area (Å²) in [6.45, 7) is 1.90. The number of anilines is 2. The summed E-state index contributed by atoms with van der Waals surface area (Å²) >= 11 is 0. The van der Waals surface area contributed by atoms with Gasteiger partial charge >= 0.3 is 6.01 Å². The average molecular weight is 455 g/mol. The maximum Gasteiger partial charge on any atom is 0.323 e. The predicted molar refractivity (Wildman–Crippen MR) is 107 cm³/mol. The number of likely N-dealkylation sites (tertiary alicyclic amines) is 1. The lowest BCUT2D eigenvalue weighted by Gasteiger charge is -2.42. The number of aromatic nitrogens is 2. The zero-order valence-electron chi connectivity index (χ0n) is 16.9. The summed E-state index contributed by atoms with van der Waals surface area (Å²) in [6, 6.07) is 1.21. The molecule has 168 valence electrons. The van der Waals surface area contributed by atoms with Crippen LogP contribution >= 0.6 is 0 Å². The highest BCUT2D eigenvalue weighted by Gasteiger charge is 2.36. The number of amides is 1. The molecule has 1 aromatic heterocycles. The molecule has 0 bridgehead atoms. The summed E-state index contributed by atoms with van der Waals surface area (Å²) in [5, 5.41) is 6.27. The number of piperidine rings is 2. The third kappa shape index (κ3) is 4.48. The van der Waals surface area contributed by atoms with Gasteiger partial charge < -0.3 is 19.6 Å². The van der Waals surface area contributed by atoms with Crippen LogP contribution in [-0.4, -0.2) is 67.3 Å². The predicted octanol–water partition coefficient (Wildman–Crippen LogP) is 1.82. The molecule has 9 nitrogen and oxygen atoms in total. The molecule has 2 saturated heterocycles. The van der Waals surface area contributed by atoms with Gasteiger partial charge in [0.05, 0.1) is 4.90 Å². The van der Waals surface area contributed by atoms with Gasteiger partial charge in [-0.1, -0.05) is 5.16 Å². The number of hydrogen-bond donors (Lipinski definition) is 1. The van der Waals surface area contributed by atoms with E-state index in [2.05, 4.69) is 15.5 Å². The van der Waals surface area contributed by atoms with Gasteiger partial charge in [-0.05, 0) is 37.8 Å². The highest BCUT2D eigenvalue weighted by Crippen LogP contribution is 2.28. The summed E-state index contributed by atoms with van der Waals surface area (Å²) in [7, 11) is -3.75. The van der Waals surface area contributed by atoms with Gasteiger partial charge in [-0.3, -0.25) is 4.79 Å². The van der Waals surface area contributed by atoms with Crippen molar-refractivity contribution >= 4 is 27.4 Å². The molecular formula is C19H23F2N5O4S. The van der Waals surface area contributed by atoms with Gasteiger partial charge in [0.15, 0.2) is 27.8 Å². The second-order valence-corrected chi connectivity index (χ2v) is 9.86. The fraction of sp³-hybridized carbons (Fsp3) is 0.526. The van der Waals surface area contributed by atoms with Gasteiger partial charge in [0.25, 0.3) is 0 Å². The van der Waals surface area contributed by atoms with Crippen LogP contribution in [0, 0.1) is 11.6 Å². The van der Waals surface area contributed by atoms with E-state index in [9.17, 15) is 22.0 Å². The second-order valence-electron chi connectivity index (χ2n) is 7.85. The fourth-order valence-corrected chi connectivity index (χ4v) is 4.78. The number of nitrogens with zero attached hydrogens (tertiary/aromatic N) is 4. The van der Waals surface area contributed by atoms with E-state index in [0.717, 1.165) is 18.4 Å². The molecule has 1 atom stereocenters. The van der Waals surface area contributed by atoms with Gasteiger partial charge in [-0.2, -0.15) is 4.98 Å². The fourth-order valence-electron chi connectivity index (χ4n) is 4.15. The zero-order valence-corrected chi connectivity index (χ0v) is 17.7. The quantitative estimate of drug-likeness (QED) is 0.727. The smallest absolute Gasteiger partial charge is 0.323 e. The first-order valence-electron chi connectivity index (χ1n) is 10.0.